The fourth-order valence-corrected chi connectivity index (χ4v) is 2.47. The van der Waals surface area contributed by atoms with E-state index in [1.54, 1.807) is 28.8 Å². The lowest BCUT2D eigenvalue weighted by Crippen LogP contribution is -2.26. The summed E-state index contributed by atoms with van der Waals surface area (Å²) >= 11 is 9.09. The Morgan fingerprint density at radius 3 is 2.96 bits per heavy atom. The maximum atomic E-state index is 15.1. The number of nitrogens with zero attached hydrogens (tertiary/aromatic N) is 2. The van der Waals surface area contributed by atoms with Crippen LogP contribution in [0.4, 0.5) is 10.1 Å². The minimum Gasteiger partial charge on any atom is -0.394 e. The Labute approximate surface area is 168 Å². The fourth-order valence-electron chi connectivity index (χ4n) is 2.21. The van der Waals surface area contributed by atoms with Crippen LogP contribution in [-0.2, 0) is 11.9 Å². The average molecular weight is 460 g/mol. The molecule has 3 N–H and O–H groups in total. The average Bonchev–Trinajstić information content (AvgIpc) is 3.01. The van der Waals surface area contributed by atoms with E-state index < -0.39 is 11.7 Å². The molecule has 0 aliphatic rings. The van der Waals surface area contributed by atoms with Crippen molar-refractivity contribution in [1.82, 2.24) is 15.0 Å². The molecule has 0 aliphatic heterocycles. The molecule has 1 heterocycles. The Bertz CT molecular complexity index is 927. The number of fused-ring (bicyclic) bond motifs is 1. The van der Waals surface area contributed by atoms with Crippen molar-refractivity contribution in [3.63, 3.8) is 0 Å². The van der Waals surface area contributed by atoms with Crippen molar-refractivity contribution in [3.8, 4) is 0 Å². The second-order valence-electron chi connectivity index (χ2n) is 5.27. The number of aromatic nitrogens is 2. The predicted octanol–water partition coefficient (Wildman–Crippen LogP) is 3.32. The van der Waals surface area contributed by atoms with Crippen LogP contribution in [0.25, 0.3) is 11.0 Å². The van der Waals surface area contributed by atoms with E-state index in [-0.39, 0.29) is 40.7 Å². The van der Waals surface area contributed by atoms with Crippen molar-refractivity contribution in [2.75, 3.05) is 18.5 Å². The van der Waals surface area contributed by atoms with E-state index in [4.69, 9.17) is 21.5 Å². The summed E-state index contributed by atoms with van der Waals surface area (Å²) in [7, 11) is 1.68. The van der Waals surface area contributed by atoms with Crippen LogP contribution in [0.15, 0.2) is 46.8 Å². The number of allylic oxidation sites excluding steroid dienone is 3. The molecular weight excluding hydrogens is 443 g/mol. The number of carbonyl (C=O) groups excluding carboxylic acids is 1. The largest absolute Gasteiger partial charge is 0.394 e. The van der Waals surface area contributed by atoms with Crippen LogP contribution in [0.2, 0.25) is 0 Å². The van der Waals surface area contributed by atoms with E-state index in [0.29, 0.717) is 5.52 Å². The van der Waals surface area contributed by atoms with Gasteiger partial charge in [-0.05, 0) is 17.1 Å². The highest BCUT2D eigenvalue weighted by Gasteiger charge is 2.22. The third-order valence-electron chi connectivity index (χ3n) is 3.45. The van der Waals surface area contributed by atoms with Gasteiger partial charge in [0.15, 0.2) is 5.82 Å². The van der Waals surface area contributed by atoms with E-state index in [0.717, 1.165) is 0 Å². The first-order valence-corrected chi connectivity index (χ1v) is 8.95. The van der Waals surface area contributed by atoms with Gasteiger partial charge in [0.2, 0.25) is 0 Å². The van der Waals surface area contributed by atoms with Crippen LogP contribution in [-0.4, -0.2) is 33.8 Å². The number of hydroxylamine groups is 1. The van der Waals surface area contributed by atoms with E-state index in [2.05, 4.69) is 38.3 Å². The molecule has 10 heteroatoms. The molecule has 0 radical (unpaired) electrons. The normalized spacial score (nSPS) is 12.0. The Hall–Kier alpha value is -2.20. The molecule has 0 fully saturated rings. The molecule has 0 saturated carbocycles. The first-order valence-electron chi connectivity index (χ1n) is 7.66. The van der Waals surface area contributed by atoms with Crippen molar-refractivity contribution in [1.29, 1.82) is 0 Å². The standard InChI is InChI=1S/C17H17BrClFN4O3/c1-10(19)12(4-3-5-18)22-15-11(17(26)23-27-7-6-25)8-13-16(14(15)20)21-9-24(13)2/h3-5,8-9,22,25H,1,6-7H2,2H3,(H,23,26)/b5-3+,12-4+. The van der Waals surface area contributed by atoms with E-state index in [9.17, 15) is 4.79 Å². The van der Waals surface area contributed by atoms with Gasteiger partial charge in [0.05, 0.1) is 47.0 Å². The zero-order valence-electron chi connectivity index (χ0n) is 14.3. The first-order chi connectivity index (χ1) is 12.9. The van der Waals surface area contributed by atoms with Crippen LogP contribution in [0.3, 0.4) is 0 Å². The van der Waals surface area contributed by atoms with Crippen LogP contribution in [0.1, 0.15) is 10.4 Å². The molecule has 7 nitrogen and oxygen atoms in total. The topological polar surface area (TPSA) is 88.4 Å². The number of anilines is 1. The number of rotatable bonds is 8. The number of amides is 1. The monoisotopic (exact) mass is 458 g/mol. The number of aryl methyl sites for hydroxylation is 1. The van der Waals surface area contributed by atoms with Crippen molar-refractivity contribution in [3.05, 3.63) is 58.2 Å². The molecule has 0 saturated heterocycles. The summed E-state index contributed by atoms with van der Waals surface area (Å²) in [6.45, 7) is 3.24. The smallest absolute Gasteiger partial charge is 0.277 e. The van der Waals surface area contributed by atoms with E-state index >= 15 is 4.39 Å². The Balaban J connectivity index is 2.57. The third kappa shape index (κ3) is 4.95. The van der Waals surface area contributed by atoms with Gasteiger partial charge in [0.25, 0.3) is 5.91 Å². The molecular formula is C17H17BrClFN4O3. The van der Waals surface area contributed by atoms with Gasteiger partial charge in [0.1, 0.15) is 5.52 Å². The molecule has 27 heavy (non-hydrogen) atoms. The molecule has 144 valence electrons. The summed E-state index contributed by atoms with van der Waals surface area (Å²) in [6, 6.07) is 1.47. The molecule has 1 aromatic carbocycles. The quantitative estimate of drug-likeness (QED) is 0.320. The maximum absolute atomic E-state index is 15.1. The van der Waals surface area contributed by atoms with Gasteiger partial charge >= 0.3 is 0 Å². The second-order valence-corrected chi connectivity index (χ2v) is 6.25. The molecule has 0 atom stereocenters. The number of carbonyl (C=O) groups is 1. The fraction of sp³-hybridized carbons (Fsp3) is 0.176. The number of hydrogen-bond donors (Lipinski definition) is 3. The zero-order chi connectivity index (χ0) is 20.0. The summed E-state index contributed by atoms with van der Waals surface area (Å²) in [6.07, 6.45) is 4.60. The number of aliphatic hydroxyl groups excluding tert-OH is 1. The van der Waals surface area contributed by atoms with Gasteiger partial charge in [-0.2, -0.15) is 0 Å². The molecule has 2 rings (SSSR count). The molecule has 0 bridgehead atoms. The summed E-state index contributed by atoms with van der Waals surface area (Å²) in [5.74, 6) is -1.43. The predicted molar refractivity (Wildman–Crippen MR) is 106 cm³/mol. The van der Waals surface area contributed by atoms with Crippen molar-refractivity contribution in [2.24, 2.45) is 7.05 Å². The molecule has 0 aliphatic carbocycles. The van der Waals surface area contributed by atoms with Crippen molar-refractivity contribution >= 4 is 50.2 Å². The van der Waals surface area contributed by atoms with Crippen LogP contribution in [0, 0.1) is 5.82 Å². The number of nitrogens with one attached hydrogen (secondary N) is 2. The SMILES string of the molecule is C=C(Cl)/C(=C\C=C\Br)Nc1c(C(=O)NOCCO)cc2c(ncn2C)c1F. The van der Waals surface area contributed by atoms with Gasteiger partial charge in [-0.3, -0.25) is 9.63 Å². The summed E-state index contributed by atoms with van der Waals surface area (Å²) in [5, 5.41) is 11.7. The number of imidazole rings is 1. The van der Waals surface area contributed by atoms with Gasteiger partial charge in [-0.15, -0.1) is 0 Å². The number of hydrogen-bond acceptors (Lipinski definition) is 5. The van der Waals surface area contributed by atoms with Gasteiger partial charge in [-0.25, -0.2) is 14.9 Å². The number of aliphatic hydroxyl groups is 1. The van der Waals surface area contributed by atoms with Gasteiger partial charge in [0, 0.05) is 7.05 Å². The van der Waals surface area contributed by atoms with E-state index in [1.807, 2.05) is 0 Å². The molecule has 0 spiro atoms. The first kappa shape index (κ1) is 21.1. The lowest BCUT2D eigenvalue weighted by atomic mass is 10.1. The second kappa shape index (κ2) is 9.65. The summed E-state index contributed by atoms with van der Waals surface area (Å²) < 4.78 is 16.7. The Morgan fingerprint density at radius 1 is 1.59 bits per heavy atom. The number of benzene rings is 1. The lowest BCUT2D eigenvalue weighted by molar-refractivity contribution is 0.0169. The Kier molecular flexibility index (Phi) is 7.55. The minimum atomic E-state index is -0.730. The van der Waals surface area contributed by atoms with Gasteiger partial charge in [-0.1, -0.05) is 40.2 Å². The molecule has 1 amide bonds. The van der Waals surface area contributed by atoms with Crippen LogP contribution < -0.4 is 10.8 Å². The number of halogens is 3. The highest BCUT2D eigenvalue weighted by atomic mass is 79.9. The summed E-state index contributed by atoms with van der Waals surface area (Å²) in [4.78, 5) is 22.9. The maximum Gasteiger partial charge on any atom is 0.277 e. The van der Waals surface area contributed by atoms with Gasteiger partial charge < -0.3 is 15.0 Å². The van der Waals surface area contributed by atoms with Crippen LogP contribution in [0.5, 0.6) is 0 Å². The molecule has 1 aromatic heterocycles. The molecule has 0 unspecified atom stereocenters. The molecule has 2 aromatic rings. The highest BCUT2D eigenvalue weighted by molar-refractivity contribution is 9.11. The van der Waals surface area contributed by atoms with Crippen LogP contribution >= 0.6 is 27.5 Å². The van der Waals surface area contributed by atoms with Crippen molar-refractivity contribution < 1.29 is 19.1 Å². The third-order valence-corrected chi connectivity index (χ3v) is 3.96. The van der Waals surface area contributed by atoms with E-state index in [1.165, 1.54) is 12.4 Å². The lowest BCUT2D eigenvalue weighted by Gasteiger charge is -2.15. The zero-order valence-corrected chi connectivity index (χ0v) is 16.6. The minimum absolute atomic E-state index is 0.0341. The highest BCUT2D eigenvalue weighted by Crippen LogP contribution is 2.30. The summed E-state index contributed by atoms with van der Waals surface area (Å²) in [5.41, 5.74) is 2.78. The van der Waals surface area contributed by atoms with Crippen molar-refractivity contribution in [2.45, 2.75) is 0 Å². The Morgan fingerprint density at radius 2 is 2.33 bits per heavy atom.